The summed E-state index contributed by atoms with van der Waals surface area (Å²) in [6.07, 6.45) is 1.10. The third kappa shape index (κ3) is 3.23. The predicted molar refractivity (Wildman–Crippen MR) is 88.2 cm³/mol. The van der Waals surface area contributed by atoms with Gasteiger partial charge in [0.15, 0.2) is 0 Å². The number of sulfonamides is 1. The summed E-state index contributed by atoms with van der Waals surface area (Å²) in [7, 11) is -1.93. The topological polar surface area (TPSA) is 87.2 Å². The van der Waals surface area contributed by atoms with Crippen molar-refractivity contribution in [3.8, 4) is 5.75 Å². The van der Waals surface area contributed by atoms with Gasteiger partial charge in [-0.15, -0.1) is 0 Å². The lowest BCUT2D eigenvalue weighted by Gasteiger charge is -2.25. The monoisotopic (exact) mass is 372 g/mol. The average molecular weight is 372 g/mol. The highest BCUT2D eigenvalue weighted by Crippen LogP contribution is 2.44. The van der Waals surface area contributed by atoms with Gasteiger partial charge in [0.25, 0.3) is 0 Å². The van der Waals surface area contributed by atoms with Crippen molar-refractivity contribution in [2.45, 2.75) is 6.54 Å². The lowest BCUT2D eigenvalue weighted by Crippen LogP contribution is -2.41. The fourth-order valence-corrected chi connectivity index (χ4v) is 4.83. The summed E-state index contributed by atoms with van der Waals surface area (Å²) in [5.41, 5.74) is -0.480. The van der Waals surface area contributed by atoms with Gasteiger partial charge in [-0.1, -0.05) is 0 Å². The van der Waals surface area contributed by atoms with Crippen molar-refractivity contribution in [1.82, 2.24) is 9.21 Å². The molecule has 0 amide bonds. The Bertz CT molecular complexity index is 800. The van der Waals surface area contributed by atoms with E-state index >= 15 is 0 Å². The molecule has 0 aliphatic carbocycles. The van der Waals surface area contributed by atoms with E-state index in [1.807, 2.05) is 4.90 Å². The van der Waals surface area contributed by atoms with Crippen LogP contribution in [0.5, 0.6) is 5.75 Å². The Morgan fingerprint density at radius 3 is 2.68 bits per heavy atom. The zero-order chi connectivity index (χ0) is 18.4. The summed E-state index contributed by atoms with van der Waals surface area (Å²) >= 11 is 0. The minimum absolute atomic E-state index is 0.0252. The molecule has 2 atom stereocenters. The van der Waals surface area contributed by atoms with E-state index in [0.717, 1.165) is 6.26 Å². The highest BCUT2D eigenvalue weighted by molar-refractivity contribution is 7.88. The Labute approximate surface area is 146 Å². The maximum atomic E-state index is 13.5. The number of nitrogens with zero attached hydrogens (tertiary/aromatic N) is 2. The number of methoxy groups -OCH3 is 1. The number of likely N-dealkylation sites (tertiary alicyclic amines) is 1. The molecular formula is C16H21FN2O5S. The molecule has 2 heterocycles. The van der Waals surface area contributed by atoms with Gasteiger partial charge in [0.05, 0.1) is 18.8 Å². The first-order valence-corrected chi connectivity index (χ1v) is 9.74. The van der Waals surface area contributed by atoms with Gasteiger partial charge in [0.1, 0.15) is 11.6 Å². The van der Waals surface area contributed by atoms with E-state index in [1.165, 1.54) is 23.5 Å². The third-order valence-electron chi connectivity index (χ3n) is 5.18. The molecule has 0 saturated carbocycles. The van der Waals surface area contributed by atoms with Crippen LogP contribution in [0.3, 0.4) is 0 Å². The number of benzene rings is 1. The van der Waals surface area contributed by atoms with E-state index in [0.29, 0.717) is 24.4 Å². The van der Waals surface area contributed by atoms with E-state index in [1.54, 1.807) is 6.07 Å². The van der Waals surface area contributed by atoms with Gasteiger partial charge in [-0.25, -0.2) is 17.1 Å². The highest BCUT2D eigenvalue weighted by Gasteiger charge is 2.59. The molecule has 2 aliphatic heterocycles. The number of halogens is 1. The molecule has 2 aliphatic rings. The Morgan fingerprint density at radius 2 is 2.12 bits per heavy atom. The molecule has 2 fully saturated rings. The van der Waals surface area contributed by atoms with E-state index in [2.05, 4.69) is 0 Å². The van der Waals surface area contributed by atoms with Gasteiger partial charge < -0.3 is 9.84 Å². The molecule has 1 aromatic carbocycles. The largest absolute Gasteiger partial charge is 0.496 e. The molecule has 0 spiro atoms. The summed E-state index contributed by atoms with van der Waals surface area (Å²) in [5, 5.41) is 9.75. The van der Waals surface area contributed by atoms with Crippen molar-refractivity contribution in [2.75, 3.05) is 39.5 Å². The van der Waals surface area contributed by atoms with Gasteiger partial charge in [-0.3, -0.25) is 9.69 Å². The van der Waals surface area contributed by atoms with Gasteiger partial charge >= 0.3 is 5.97 Å². The standard InChI is InChI=1S/C16H21FN2O5S/c1-24-14-4-3-13(17)5-11(14)6-18-7-12-8-19(25(2,22)23)10-16(12,9-18)15(20)21/h3-5,12H,6-10H2,1-2H3,(H,20,21). The minimum atomic E-state index is -3.43. The highest BCUT2D eigenvalue weighted by atomic mass is 32.2. The maximum Gasteiger partial charge on any atom is 0.312 e. The summed E-state index contributed by atoms with van der Waals surface area (Å²) in [6, 6.07) is 4.23. The Kier molecular flexibility index (Phi) is 4.50. The van der Waals surface area contributed by atoms with Crippen molar-refractivity contribution < 1.29 is 27.4 Å². The van der Waals surface area contributed by atoms with Crippen molar-refractivity contribution in [2.24, 2.45) is 11.3 Å². The van der Waals surface area contributed by atoms with Gasteiger partial charge in [-0.2, -0.15) is 0 Å². The van der Waals surface area contributed by atoms with E-state index < -0.39 is 21.4 Å². The molecule has 2 unspecified atom stereocenters. The van der Waals surface area contributed by atoms with Crippen LogP contribution in [-0.4, -0.2) is 68.2 Å². The van der Waals surface area contributed by atoms with Crippen molar-refractivity contribution in [3.05, 3.63) is 29.6 Å². The first-order chi connectivity index (χ1) is 11.7. The van der Waals surface area contributed by atoms with E-state index in [-0.39, 0.29) is 31.4 Å². The van der Waals surface area contributed by atoms with Crippen LogP contribution in [-0.2, 0) is 21.4 Å². The first kappa shape index (κ1) is 18.1. The molecule has 9 heteroatoms. The van der Waals surface area contributed by atoms with Crippen LogP contribution >= 0.6 is 0 Å². The van der Waals surface area contributed by atoms with E-state index in [9.17, 15) is 22.7 Å². The number of fused-ring (bicyclic) bond motifs is 1. The van der Waals surface area contributed by atoms with Crippen molar-refractivity contribution >= 4 is 16.0 Å². The molecule has 25 heavy (non-hydrogen) atoms. The number of carbonyl (C=O) groups is 1. The molecule has 3 rings (SSSR count). The third-order valence-corrected chi connectivity index (χ3v) is 6.40. The number of ether oxygens (including phenoxy) is 1. The number of rotatable bonds is 5. The second kappa shape index (κ2) is 6.22. The molecule has 7 nitrogen and oxygen atoms in total. The first-order valence-electron chi connectivity index (χ1n) is 7.89. The SMILES string of the molecule is COc1ccc(F)cc1CN1CC2CN(S(C)(=O)=O)CC2(C(=O)O)C1. The Morgan fingerprint density at radius 1 is 1.40 bits per heavy atom. The lowest BCUT2D eigenvalue weighted by atomic mass is 9.81. The normalized spacial score (nSPS) is 27.4. The zero-order valence-electron chi connectivity index (χ0n) is 14.1. The summed E-state index contributed by atoms with van der Waals surface area (Å²) in [6.45, 7) is 1.19. The summed E-state index contributed by atoms with van der Waals surface area (Å²) in [5.74, 6) is -1.12. The molecular weight excluding hydrogens is 351 g/mol. The number of hydrogen-bond donors (Lipinski definition) is 1. The summed E-state index contributed by atoms with van der Waals surface area (Å²) in [4.78, 5) is 13.8. The summed E-state index contributed by atoms with van der Waals surface area (Å²) < 4.78 is 43.6. The van der Waals surface area contributed by atoms with Crippen molar-refractivity contribution in [3.63, 3.8) is 0 Å². The van der Waals surface area contributed by atoms with Gasteiger partial charge in [0, 0.05) is 44.2 Å². The van der Waals surface area contributed by atoms with Crippen LogP contribution in [0.1, 0.15) is 5.56 Å². The van der Waals surface area contributed by atoms with Crippen LogP contribution in [0.25, 0.3) is 0 Å². The fourth-order valence-electron chi connectivity index (χ4n) is 3.91. The van der Waals surface area contributed by atoms with Crippen LogP contribution in [0, 0.1) is 17.2 Å². The molecule has 0 bridgehead atoms. The van der Waals surface area contributed by atoms with Crippen LogP contribution < -0.4 is 4.74 Å². The Balaban J connectivity index is 1.81. The van der Waals surface area contributed by atoms with Crippen LogP contribution in [0.2, 0.25) is 0 Å². The van der Waals surface area contributed by atoms with Crippen LogP contribution in [0.4, 0.5) is 4.39 Å². The van der Waals surface area contributed by atoms with Crippen molar-refractivity contribution in [1.29, 1.82) is 0 Å². The Hall–Kier alpha value is -1.71. The second-order valence-electron chi connectivity index (χ2n) is 6.84. The second-order valence-corrected chi connectivity index (χ2v) is 8.82. The molecule has 2 saturated heterocycles. The average Bonchev–Trinajstić information content (AvgIpc) is 3.02. The molecule has 138 valence electrons. The van der Waals surface area contributed by atoms with Gasteiger partial charge in [-0.05, 0) is 18.2 Å². The quantitative estimate of drug-likeness (QED) is 0.815. The number of aliphatic carboxylic acids is 1. The smallest absolute Gasteiger partial charge is 0.312 e. The fraction of sp³-hybridized carbons (Fsp3) is 0.562. The minimum Gasteiger partial charge on any atom is -0.496 e. The molecule has 0 aromatic heterocycles. The molecule has 0 radical (unpaired) electrons. The molecule has 1 aromatic rings. The molecule has 1 N–H and O–H groups in total. The number of carboxylic acids is 1. The zero-order valence-corrected chi connectivity index (χ0v) is 14.9. The van der Waals surface area contributed by atoms with Crippen LogP contribution in [0.15, 0.2) is 18.2 Å². The number of carboxylic acid groups (broad SMARTS) is 1. The number of hydrogen-bond acceptors (Lipinski definition) is 5. The van der Waals surface area contributed by atoms with E-state index in [4.69, 9.17) is 4.74 Å². The maximum absolute atomic E-state index is 13.5. The lowest BCUT2D eigenvalue weighted by molar-refractivity contribution is -0.148. The van der Waals surface area contributed by atoms with Gasteiger partial charge in [0.2, 0.25) is 10.0 Å². The predicted octanol–water partition coefficient (Wildman–Crippen LogP) is 0.612.